The maximum atomic E-state index is 11.8. The number of carboxylic acids is 1. The summed E-state index contributed by atoms with van der Waals surface area (Å²) >= 11 is 11.7. The molecule has 1 aliphatic carbocycles. The molecule has 0 unspecified atom stereocenters. The van der Waals surface area contributed by atoms with Crippen LogP contribution in [0.2, 0.25) is 10.0 Å². The molecule has 5 nitrogen and oxygen atoms in total. The first kappa shape index (κ1) is 15.9. The molecular formula is C14H16Cl2N2O3. The van der Waals surface area contributed by atoms with Crippen LogP contribution in [-0.4, -0.2) is 23.7 Å². The highest BCUT2D eigenvalue weighted by molar-refractivity contribution is 6.37. The van der Waals surface area contributed by atoms with Crippen LogP contribution in [-0.2, 0) is 0 Å². The summed E-state index contributed by atoms with van der Waals surface area (Å²) in [5.74, 6) is -0.386. The fourth-order valence-corrected chi connectivity index (χ4v) is 2.57. The summed E-state index contributed by atoms with van der Waals surface area (Å²) < 4.78 is 0. The summed E-state index contributed by atoms with van der Waals surface area (Å²) in [6.07, 6.45) is 4.60. The van der Waals surface area contributed by atoms with Crippen LogP contribution < -0.4 is 10.6 Å². The van der Waals surface area contributed by atoms with Crippen LogP contribution >= 0.6 is 23.2 Å². The normalized spacial score (nSPS) is 13.8. The number of benzene rings is 1. The van der Waals surface area contributed by atoms with Gasteiger partial charge in [0.25, 0.3) is 0 Å². The molecule has 3 N–H and O–H groups in total. The molecule has 1 aromatic rings. The van der Waals surface area contributed by atoms with Gasteiger partial charge in [-0.3, -0.25) is 0 Å². The van der Waals surface area contributed by atoms with Gasteiger partial charge in [-0.05, 0) is 30.9 Å². The SMILES string of the molecule is O=C(NCCCC1CC1)Nc1c(Cl)cc(Cl)cc1C(=O)O. The van der Waals surface area contributed by atoms with E-state index in [0.717, 1.165) is 18.8 Å². The molecule has 0 spiro atoms. The standard InChI is InChI=1S/C14H16Cl2N2O3/c15-9-6-10(13(19)20)12(11(16)7-9)18-14(21)17-5-1-2-8-3-4-8/h6-8H,1-5H2,(H,19,20)(H2,17,18,21). The lowest BCUT2D eigenvalue weighted by Crippen LogP contribution is -2.30. The predicted octanol–water partition coefficient (Wildman–Crippen LogP) is 4.00. The van der Waals surface area contributed by atoms with E-state index < -0.39 is 12.0 Å². The fourth-order valence-electron chi connectivity index (χ4n) is 2.03. The van der Waals surface area contributed by atoms with E-state index >= 15 is 0 Å². The van der Waals surface area contributed by atoms with Crippen molar-refractivity contribution in [1.82, 2.24) is 5.32 Å². The molecule has 0 radical (unpaired) electrons. The Balaban J connectivity index is 1.93. The summed E-state index contributed by atoms with van der Waals surface area (Å²) in [5, 5.41) is 14.6. The first-order valence-corrected chi connectivity index (χ1v) is 7.50. The second-order valence-electron chi connectivity index (χ2n) is 5.08. The van der Waals surface area contributed by atoms with E-state index in [4.69, 9.17) is 28.3 Å². The van der Waals surface area contributed by atoms with Crippen molar-refractivity contribution in [2.45, 2.75) is 25.7 Å². The van der Waals surface area contributed by atoms with Crippen molar-refractivity contribution >= 4 is 40.9 Å². The van der Waals surface area contributed by atoms with Crippen LogP contribution in [0.5, 0.6) is 0 Å². The van der Waals surface area contributed by atoms with E-state index in [1.54, 1.807) is 0 Å². The van der Waals surface area contributed by atoms with Crippen LogP contribution in [0.15, 0.2) is 12.1 Å². The highest BCUT2D eigenvalue weighted by Gasteiger charge is 2.20. The number of carbonyl (C=O) groups is 2. The Morgan fingerprint density at radius 1 is 1.29 bits per heavy atom. The van der Waals surface area contributed by atoms with Crippen molar-refractivity contribution in [3.05, 3.63) is 27.7 Å². The molecule has 2 amide bonds. The minimum absolute atomic E-state index is 0.0493. The van der Waals surface area contributed by atoms with Crippen molar-refractivity contribution in [2.75, 3.05) is 11.9 Å². The number of hydrogen-bond acceptors (Lipinski definition) is 2. The first-order chi connectivity index (χ1) is 9.97. The van der Waals surface area contributed by atoms with Crippen molar-refractivity contribution < 1.29 is 14.7 Å². The van der Waals surface area contributed by atoms with Gasteiger partial charge in [-0.25, -0.2) is 9.59 Å². The zero-order valence-electron chi connectivity index (χ0n) is 11.3. The lowest BCUT2D eigenvalue weighted by Gasteiger charge is -2.12. The third-order valence-electron chi connectivity index (χ3n) is 3.30. The molecule has 2 rings (SSSR count). The minimum Gasteiger partial charge on any atom is -0.478 e. The molecule has 7 heteroatoms. The van der Waals surface area contributed by atoms with Crippen molar-refractivity contribution in [3.8, 4) is 0 Å². The Hall–Kier alpha value is -1.46. The van der Waals surface area contributed by atoms with E-state index in [9.17, 15) is 9.59 Å². The molecular weight excluding hydrogens is 315 g/mol. The Kier molecular flexibility index (Phi) is 5.31. The lowest BCUT2D eigenvalue weighted by atomic mass is 10.2. The zero-order valence-corrected chi connectivity index (χ0v) is 12.8. The van der Waals surface area contributed by atoms with Gasteiger partial charge < -0.3 is 15.7 Å². The minimum atomic E-state index is -1.21. The number of urea groups is 1. The van der Waals surface area contributed by atoms with Crippen LogP contribution in [0.25, 0.3) is 0 Å². The smallest absolute Gasteiger partial charge is 0.337 e. The van der Waals surface area contributed by atoms with Crippen LogP contribution in [0.4, 0.5) is 10.5 Å². The number of halogens is 2. The number of amides is 2. The van der Waals surface area contributed by atoms with Gasteiger partial charge in [0, 0.05) is 11.6 Å². The Labute approximate surface area is 132 Å². The predicted molar refractivity (Wildman–Crippen MR) is 82.4 cm³/mol. The van der Waals surface area contributed by atoms with E-state index in [1.165, 1.54) is 25.0 Å². The van der Waals surface area contributed by atoms with Gasteiger partial charge in [-0.2, -0.15) is 0 Å². The molecule has 0 aromatic heterocycles. The van der Waals surface area contributed by atoms with Gasteiger partial charge in [-0.1, -0.05) is 36.0 Å². The van der Waals surface area contributed by atoms with E-state index in [1.807, 2.05) is 0 Å². The van der Waals surface area contributed by atoms with Gasteiger partial charge in [0.15, 0.2) is 0 Å². The summed E-state index contributed by atoms with van der Waals surface area (Å²) in [4.78, 5) is 22.9. The zero-order chi connectivity index (χ0) is 15.4. The molecule has 0 bridgehead atoms. The monoisotopic (exact) mass is 330 g/mol. The second kappa shape index (κ2) is 7.00. The van der Waals surface area contributed by atoms with Crippen molar-refractivity contribution in [3.63, 3.8) is 0 Å². The van der Waals surface area contributed by atoms with E-state index in [0.29, 0.717) is 6.54 Å². The maximum absolute atomic E-state index is 11.8. The second-order valence-corrected chi connectivity index (χ2v) is 5.93. The van der Waals surface area contributed by atoms with Gasteiger partial charge in [0.05, 0.1) is 16.3 Å². The Morgan fingerprint density at radius 2 is 2.00 bits per heavy atom. The number of hydrogen-bond donors (Lipinski definition) is 3. The number of carboxylic acid groups (broad SMARTS) is 1. The Bertz CT molecular complexity index is 559. The van der Waals surface area contributed by atoms with Gasteiger partial charge in [0.1, 0.15) is 0 Å². The number of rotatable bonds is 6. The molecule has 1 aromatic carbocycles. The lowest BCUT2D eigenvalue weighted by molar-refractivity contribution is 0.0698. The first-order valence-electron chi connectivity index (χ1n) is 6.74. The molecule has 1 aliphatic rings. The summed E-state index contributed by atoms with van der Waals surface area (Å²) in [6.45, 7) is 0.552. The van der Waals surface area contributed by atoms with Gasteiger partial charge in [-0.15, -0.1) is 0 Å². The van der Waals surface area contributed by atoms with E-state index in [-0.39, 0.29) is 21.3 Å². The average Bonchev–Trinajstić information content (AvgIpc) is 3.21. The maximum Gasteiger partial charge on any atom is 0.337 e. The molecule has 0 heterocycles. The van der Waals surface area contributed by atoms with Crippen molar-refractivity contribution in [1.29, 1.82) is 0 Å². The highest BCUT2D eigenvalue weighted by atomic mass is 35.5. The van der Waals surface area contributed by atoms with Crippen LogP contribution in [0.1, 0.15) is 36.0 Å². The summed E-state index contributed by atoms with van der Waals surface area (Å²) in [7, 11) is 0. The topological polar surface area (TPSA) is 78.4 Å². The molecule has 0 saturated heterocycles. The number of anilines is 1. The molecule has 1 fully saturated rings. The molecule has 114 valence electrons. The van der Waals surface area contributed by atoms with E-state index in [2.05, 4.69) is 10.6 Å². The van der Waals surface area contributed by atoms with Crippen molar-refractivity contribution in [2.24, 2.45) is 5.92 Å². The third kappa shape index (κ3) is 4.79. The number of carbonyl (C=O) groups excluding carboxylic acids is 1. The molecule has 1 saturated carbocycles. The fraction of sp³-hybridized carbons (Fsp3) is 0.429. The van der Waals surface area contributed by atoms with Gasteiger partial charge >= 0.3 is 12.0 Å². The number of nitrogens with one attached hydrogen (secondary N) is 2. The largest absolute Gasteiger partial charge is 0.478 e. The number of aromatic carboxylic acids is 1. The highest BCUT2D eigenvalue weighted by Crippen LogP contribution is 2.33. The summed E-state index contributed by atoms with van der Waals surface area (Å²) in [5.41, 5.74) is -0.0890. The average molecular weight is 331 g/mol. The Morgan fingerprint density at radius 3 is 2.62 bits per heavy atom. The van der Waals surface area contributed by atoms with Gasteiger partial charge in [0.2, 0.25) is 0 Å². The quantitative estimate of drug-likeness (QED) is 0.689. The summed E-state index contributed by atoms with van der Waals surface area (Å²) in [6, 6.07) is 2.16. The van der Waals surface area contributed by atoms with Crippen LogP contribution in [0, 0.1) is 5.92 Å². The molecule has 21 heavy (non-hydrogen) atoms. The molecule has 0 aliphatic heterocycles. The van der Waals surface area contributed by atoms with Crippen LogP contribution in [0.3, 0.4) is 0 Å². The third-order valence-corrected chi connectivity index (χ3v) is 3.81. The molecule has 0 atom stereocenters.